The molecule has 0 bridgehead atoms. The van der Waals surface area contributed by atoms with Gasteiger partial charge in [0.25, 0.3) is 5.91 Å². The second kappa shape index (κ2) is 6.74. The number of alkyl halides is 4. The summed E-state index contributed by atoms with van der Waals surface area (Å²) in [5, 5.41) is 2.48. The van der Waals surface area contributed by atoms with Crippen molar-refractivity contribution in [3.05, 3.63) is 33.8 Å². The normalized spacial score (nSPS) is 13.2. The van der Waals surface area contributed by atoms with Gasteiger partial charge in [-0.15, -0.1) is 0 Å². The predicted octanol–water partition coefficient (Wildman–Crippen LogP) is 4.37. The first kappa shape index (κ1) is 16.5. The predicted molar refractivity (Wildman–Crippen MR) is 74.5 cm³/mol. The Morgan fingerprint density at radius 2 is 2.05 bits per heavy atom. The van der Waals surface area contributed by atoms with Crippen molar-refractivity contribution in [1.82, 2.24) is 5.32 Å². The van der Waals surface area contributed by atoms with Crippen molar-refractivity contribution in [2.75, 3.05) is 6.54 Å². The molecule has 1 amide bonds. The van der Waals surface area contributed by atoms with Crippen LogP contribution >= 0.6 is 31.9 Å². The van der Waals surface area contributed by atoms with Gasteiger partial charge < -0.3 is 5.32 Å². The Morgan fingerprint density at radius 1 is 1.42 bits per heavy atom. The summed E-state index contributed by atoms with van der Waals surface area (Å²) in [5.41, 5.74) is -1.30. The molecule has 0 spiro atoms. The summed E-state index contributed by atoms with van der Waals surface area (Å²) >= 11 is 6.27. The number of amides is 1. The zero-order valence-corrected chi connectivity index (χ0v) is 13.2. The smallest absolute Gasteiger partial charge is 0.352 e. The summed E-state index contributed by atoms with van der Waals surface area (Å²) < 4.78 is 38.8. The van der Waals surface area contributed by atoms with E-state index < -0.39 is 17.6 Å². The van der Waals surface area contributed by atoms with Gasteiger partial charge in [-0.25, -0.2) is 0 Å². The third-order valence-corrected chi connectivity index (χ3v) is 3.31. The molecule has 0 aliphatic heterocycles. The van der Waals surface area contributed by atoms with Gasteiger partial charge in [-0.05, 0) is 24.6 Å². The van der Waals surface area contributed by atoms with Gasteiger partial charge in [0.15, 0.2) is 0 Å². The van der Waals surface area contributed by atoms with Crippen molar-refractivity contribution < 1.29 is 18.0 Å². The van der Waals surface area contributed by atoms with Crippen molar-refractivity contribution in [3.8, 4) is 0 Å². The first-order chi connectivity index (χ1) is 8.71. The number of halogens is 5. The average molecular weight is 403 g/mol. The topological polar surface area (TPSA) is 29.1 Å². The molecule has 7 heteroatoms. The van der Waals surface area contributed by atoms with Crippen LogP contribution in [0.5, 0.6) is 0 Å². The molecule has 0 saturated carbocycles. The molecule has 106 valence electrons. The van der Waals surface area contributed by atoms with E-state index in [1.165, 1.54) is 12.1 Å². The molecule has 0 aromatic heterocycles. The van der Waals surface area contributed by atoms with E-state index in [1.54, 1.807) is 0 Å². The lowest BCUT2D eigenvalue weighted by Crippen LogP contribution is -2.28. The molecule has 0 heterocycles. The lowest BCUT2D eigenvalue weighted by atomic mass is 10.1. The molecular weight excluding hydrogens is 391 g/mol. The minimum atomic E-state index is -4.56. The summed E-state index contributed by atoms with van der Waals surface area (Å²) in [7, 11) is 0. The SMILES string of the molecule is CC(Br)CCNC(=O)c1ccc(Br)cc1C(F)(F)F. The minimum Gasteiger partial charge on any atom is -0.352 e. The molecule has 1 rings (SSSR count). The largest absolute Gasteiger partial charge is 0.417 e. The van der Waals surface area contributed by atoms with Crippen molar-refractivity contribution in [2.24, 2.45) is 0 Å². The van der Waals surface area contributed by atoms with Crippen molar-refractivity contribution >= 4 is 37.8 Å². The van der Waals surface area contributed by atoms with E-state index in [2.05, 4.69) is 37.2 Å². The number of nitrogens with one attached hydrogen (secondary N) is 1. The average Bonchev–Trinajstić information content (AvgIpc) is 2.27. The summed E-state index contributed by atoms with van der Waals surface area (Å²) in [6.07, 6.45) is -3.91. The van der Waals surface area contributed by atoms with E-state index in [0.717, 1.165) is 6.07 Å². The number of carbonyl (C=O) groups excluding carboxylic acids is 1. The van der Waals surface area contributed by atoms with E-state index >= 15 is 0 Å². The summed E-state index contributed by atoms with van der Waals surface area (Å²) in [6.45, 7) is 2.21. The van der Waals surface area contributed by atoms with Crippen LogP contribution < -0.4 is 5.32 Å². The Labute approximate surface area is 126 Å². The van der Waals surface area contributed by atoms with E-state index in [4.69, 9.17) is 0 Å². The van der Waals surface area contributed by atoms with Crippen LogP contribution in [-0.2, 0) is 6.18 Å². The van der Waals surface area contributed by atoms with Crippen LogP contribution in [-0.4, -0.2) is 17.3 Å². The van der Waals surface area contributed by atoms with E-state index in [1.807, 2.05) is 6.92 Å². The van der Waals surface area contributed by atoms with Gasteiger partial charge in [0.2, 0.25) is 0 Å². The molecular formula is C12H12Br2F3NO. The standard InChI is InChI=1S/C12H12Br2F3NO/c1-7(13)4-5-18-11(19)9-3-2-8(14)6-10(9)12(15,16)17/h2-3,6-7H,4-5H2,1H3,(H,18,19). The van der Waals surface area contributed by atoms with Crippen LogP contribution in [0, 0.1) is 0 Å². The van der Waals surface area contributed by atoms with E-state index in [-0.39, 0.29) is 14.9 Å². The zero-order valence-electron chi connectivity index (χ0n) is 10.0. The Morgan fingerprint density at radius 3 is 2.58 bits per heavy atom. The molecule has 19 heavy (non-hydrogen) atoms. The Balaban J connectivity index is 2.91. The fourth-order valence-electron chi connectivity index (χ4n) is 1.43. The number of hydrogen-bond acceptors (Lipinski definition) is 1. The fourth-order valence-corrected chi connectivity index (χ4v) is 2.02. The molecule has 0 aliphatic rings. The van der Waals surface area contributed by atoms with Gasteiger partial charge in [0.1, 0.15) is 0 Å². The first-order valence-corrected chi connectivity index (χ1v) is 7.21. The van der Waals surface area contributed by atoms with Crippen molar-refractivity contribution in [3.63, 3.8) is 0 Å². The van der Waals surface area contributed by atoms with Crippen molar-refractivity contribution in [1.29, 1.82) is 0 Å². The van der Waals surface area contributed by atoms with Crippen molar-refractivity contribution in [2.45, 2.75) is 24.3 Å². The molecule has 1 N–H and O–H groups in total. The number of hydrogen-bond donors (Lipinski definition) is 1. The Kier molecular flexibility index (Phi) is 5.85. The third-order valence-electron chi connectivity index (χ3n) is 2.36. The zero-order chi connectivity index (χ0) is 14.6. The van der Waals surface area contributed by atoms with Gasteiger partial charge in [0.05, 0.1) is 11.1 Å². The van der Waals surface area contributed by atoms with Crippen LogP contribution in [0.2, 0.25) is 0 Å². The fraction of sp³-hybridized carbons (Fsp3) is 0.417. The molecule has 1 atom stereocenters. The maximum atomic E-state index is 12.8. The van der Waals surface area contributed by atoms with Crippen LogP contribution in [0.3, 0.4) is 0 Å². The van der Waals surface area contributed by atoms with Crippen LogP contribution in [0.1, 0.15) is 29.3 Å². The van der Waals surface area contributed by atoms with Gasteiger partial charge in [-0.1, -0.05) is 38.8 Å². The van der Waals surface area contributed by atoms with Crippen LogP contribution in [0.25, 0.3) is 0 Å². The second-order valence-electron chi connectivity index (χ2n) is 4.01. The molecule has 0 radical (unpaired) electrons. The monoisotopic (exact) mass is 401 g/mol. The minimum absolute atomic E-state index is 0.194. The number of carbonyl (C=O) groups is 1. The molecule has 0 saturated heterocycles. The third kappa shape index (κ3) is 5.14. The van der Waals surface area contributed by atoms with E-state index in [0.29, 0.717) is 13.0 Å². The summed E-state index contributed by atoms with van der Waals surface area (Å²) in [6, 6.07) is 3.49. The summed E-state index contributed by atoms with van der Waals surface area (Å²) in [5.74, 6) is -0.715. The van der Waals surface area contributed by atoms with Gasteiger partial charge in [-0.2, -0.15) is 13.2 Å². The molecule has 1 unspecified atom stereocenters. The maximum Gasteiger partial charge on any atom is 0.417 e. The van der Waals surface area contributed by atoms with Gasteiger partial charge in [-0.3, -0.25) is 4.79 Å². The quantitative estimate of drug-likeness (QED) is 0.744. The molecule has 1 aromatic rings. The lowest BCUT2D eigenvalue weighted by molar-refractivity contribution is -0.138. The summed E-state index contributed by atoms with van der Waals surface area (Å²) in [4.78, 5) is 12.0. The highest BCUT2D eigenvalue weighted by molar-refractivity contribution is 9.10. The first-order valence-electron chi connectivity index (χ1n) is 5.51. The molecule has 0 fully saturated rings. The van der Waals surface area contributed by atoms with Crippen LogP contribution in [0.15, 0.2) is 22.7 Å². The molecule has 1 aromatic carbocycles. The Hall–Kier alpha value is -0.560. The highest BCUT2D eigenvalue weighted by Gasteiger charge is 2.35. The second-order valence-corrected chi connectivity index (χ2v) is 6.49. The lowest BCUT2D eigenvalue weighted by Gasteiger charge is -2.13. The highest BCUT2D eigenvalue weighted by atomic mass is 79.9. The molecule has 0 aliphatic carbocycles. The van der Waals surface area contributed by atoms with Crippen LogP contribution in [0.4, 0.5) is 13.2 Å². The number of benzene rings is 1. The van der Waals surface area contributed by atoms with E-state index in [9.17, 15) is 18.0 Å². The highest BCUT2D eigenvalue weighted by Crippen LogP contribution is 2.33. The number of rotatable bonds is 4. The molecule has 2 nitrogen and oxygen atoms in total. The van der Waals surface area contributed by atoms with Gasteiger partial charge in [0, 0.05) is 15.8 Å². The van der Waals surface area contributed by atoms with Gasteiger partial charge >= 0.3 is 6.18 Å². The maximum absolute atomic E-state index is 12.8. The Bertz CT molecular complexity index is 461.